The second kappa shape index (κ2) is 8.51. The molecule has 2 N–H and O–H groups in total. The van der Waals surface area contributed by atoms with Crippen LogP contribution in [0, 0.1) is 11.3 Å². The standard InChI is InChI=1S/C18H33N5O/c1-6-19-17(21-13-15-9-10-22-23(15)5)20-12-14-8-7-11-24-16(14)18(2,3)4/h9-10,14,16H,6-8,11-13H2,1-5H3,(H2,19,20,21). The highest BCUT2D eigenvalue weighted by Gasteiger charge is 2.35. The zero-order chi connectivity index (χ0) is 17.6. The number of aryl methyl sites for hydroxylation is 1. The molecule has 2 rings (SSSR count). The van der Waals surface area contributed by atoms with Crippen molar-refractivity contribution in [3.8, 4) is 0 Å². The van der Waals surface area contributed by atoms with Crippen molar-refractivity contribution >= 4 is 5.96 Å². The second-order valence-electron chi connectivity index (χ2n) is 7.58. The maximum absolute atomic E-state index is 6.07. The van der Waals surface area contributed by atoms with Gasteiger partial charge in [-0.25, -0.2) is 4.99 Å². The first kappa shape index (κ1) is 18.8. The van der Waals surface area contributed by atoms with Gasteiger partial charge in [-0.15, -0.1) is 0 Å². The van der Waals surface area contributed by atoms with Gasteiger partial charge in [0.25, 0.3) is 0 Å². The predicted molar refractivity (Wildman–Crippen MR) is 97.9 cm³/mol. The lowest BCUT2D eigenvalue weighted by Crippen LogP contribution is -2.47. The third-order valence-electron chi connectivity index (χ3n) is 4.50. The van der Waals surface area contributed by atoms with E-state index in [1.807, 2.05) is 17.8 Å². The first-order valence-electron chi connectivity index (χ1n) is 9.02. The summed E-state index contributed by atoms with van der Waals surface area (Å²) in [5.41, 5.74) is 1.26. The molecule has 0 aromatic carbocycles. The summed E-state index contributed by atoms with van der Waals surface area (Å²) < 4.78 is 7.93. The first-order valence-corrected chi connectivity index (χ1v) is 9.02. The van der Waals surface area contributed by atoms with Gasteiger partial charge in [0, 0.05) is 38.9 Å². The fourth-order valence-electron chi connectivity index (χ4n) is 3.30. The highest BCUT2D eigenvalue weighted by Crippen LogP contribution is 2.33. The Balaban J connectivity index is 1.95. The summed E-state index contributed by atoms with van der Waals surface area (Å²) in [6, 6.07) is 2.00. The number of hydrogen-bond acceptors (Lipinski definition) is 3. The van der Waals surface area contributed by atoms with Crippen LogP contribution in [-0.4, -0.2) is 41.5 Å². The molecule has 0 bridgehead atoms. The number of rotatable bonds is 5. The lowest BCUT2D eigenvalue weighted by molar-refractivity contribution is -0.0835. The minimum atomic E-state index is 0.164. The van der Waals surface area contributed by atoms with Gasteiger partial charge in [0.2, 0.25) is 0 Å². The molecule has 1 aromatic heterocycles. The minimum absolute atomic E-state index is 0.164. The van der Waals surface area contributed by atoms with Gasteiger partial charge in [0.05, 0.1) is 18.3 Å². The number of guanidine groups is 1. The Bertz CT molecular complexity index is 532. The van der Waals surface area contributed by atoms with Crippen molar-refractivity contribution in [2.24, 2.45) is 23.4 Å². The lowest BCUT2D eigenvalue weighted by Gasteiger charge is -2.40. The summed E-state index contributed by atoms with van der Waals surface area (Å²) in [7, 11) is 1.94. The van der Waals surface area contributed by atoms with E-state index >= 15 is 0 Å². The third kappa shape index (κ3) is 5.23. The monoisotopic (exact) mass is 335 g/mol. The molecule has 2 unspecified atom stereocenters. The molecule has 2 heterocycles. The van der Waals surface area contributed by atoms with Crippen LogP contribution in [0.3, 0.4) is 0 Å². The van der Waals surface area contributed by atoms with Crippen LogP contribution in [0.1, 0.15) is 46.2 Å². The van der Waals surface area contributed by atoms with Crippen LogP contribution in [0.4, 0.5) is 0 Å². The van der Waals surface area contributed by atoms with E-state index in [0.29, 0.717) is 18.6 Å². The first-order chi connectivity index (χ1) is 11.4. The van der Waals surface area contributed by atoms with E-state index in [9.17, 15) is 0 Å². The Morgan fingerprint density at radius 2 is 2.21 bits per heavy atom. The van der Waals surface area contributed by atoms with Crippen LogP contribution in [-0.2, 0) is 18.3 Å². The van der Waals surface area contributed by atoms with Crippen LogP contribution in [0.2, 0.25) is 0 Å². The number of aliphatic imine (C=N–C) groups is 1. The molecular formula is C18H33N5O. The number of hydrogen-bond donors (Lipinski definition) is 2. The SMILES string of the molecule is CCNC(=NCc1ccnn1C)NCC1CCCOC1C(C)(C)C. The Kier molecular flexibility index (Phi) is 6.66. The molecule has 0 aliphatic carbocycles. The van der Waals surface area contributed by atoms with Crippen molar-refractivity contribution in [1.29, 1.82) is 0 Å². The van der Waals surface area contributed by atoms with Crippen LogP contribution >= 0.6 is 0 Å². The molecule has 0 saturated carbocycles. The molecule has 136 valence electrons. The minimum Gasteiger partial charge on any atom is -0.377 e. The van der Waals surface area contributed by atoms with Gasteiger partial charge in [-0.1, -0.05) is 20.8 Å². The van der Waals surface area contributed by atoms with E-state index in [1.54, 1.807) is 6.20 Å². The molecule has 6 heteroatoms. The summed E-state index contributed by atoms with van der Waals surface area (Å²) >= 11 is 0. The summed E-state index contributed by atoms with van der Waals surface area (Å²) in [5, 5.41) is 11.0. The van der Waals surface area contributed by atoms with E-state index in [0.717, 1.165) is 37.8 Å². The molecular weight excluding hydrogens is 302 g/mol. The van der Waals surface area contributed by atoms with E-state index in [4.69, 9.17) is 4.74 Å². The van der Waals surface area contributed by atoms with Crippen molar-refractivity contribution in [3.05, 3.63) is 18.0 Å². The van der Waals surface area contributed by atoms with Crippen molar-refractivity contribution in [3.63, 3.8) is 0 Å². The average molecular weight is 335 g/mol. The largest absolute Gasteiger partial charge is 0.377 e. The van der Waals surface area contributed by atoms with Gasteiger partial charge in [-0.05, 0) is 31.2 Å². The smallest absolute Gasteiger partial charge is 0.191 e. The third-order valence-corrected chi connectivity index (χ3v) is 4.50. The van der Waals surface area contributed by atoms with Crippen LogP contribution < -0.4 is 10.6 Å². The molecule has 0 amide bonds. The van der Waals surface area contributed by atoms with E-state index < -0.39 is 0 Å². The Hall–Kier alpha value is -1.56. The van der Waals surface area contributed by atoms with Crippen LogP contribution in [0.5, 0.6) is 0 Å². The maximum Gasteiger partial charge on any atom is 0.191 e. The van der Waals surface area contributed by atoms with Crippen molar-refractivity contribution in [1.82, 2.24) is 20.4 Å². The fourth-order valence-corrected chi connectivity index (χ4v) is 3.30. The van der Waals surface area contributed by atoms with Crippen molar-refractivity contribution < 1.29 is 4.74 Å². The molecule has 1 aliphatic rings. The number of aromatic nitrogens is 2. The summed E-state index contributed by atoms with van der Waals surface area (Å²) in [6.07, 6.45) is 4.44. The highest BCUT2D eigenvalue weighted by atomic mass is 16.5. The molecule has 1 aromatic rings. The summed E-state index contributed by atoms with van der Waals surface area (Å²) in [5.74, 6) is 1.37. The summed E-state index contributed by atoms with van der Waals surface area (Å²) in [6.45, 7) is 12.1. The quantitative estimate of drug-likeness (QED) is 0.640. The van der Waals surface area contributed by atoms with Gasteiger partial charge >= 0.3 is 0 Å². The zero-order valence-electron chi connectivity index (χ0n) is 15.8. The topological polar surface area (TPSA) is 63.5 Å². The van der Waals surface area contributed by atoms with E-state index in [-0.39, 0.29) is 5.41 Å². The lowest BCUT2D eigenvalue weighted by atomic mass is 9.78. The average Bonchev–Trinajstić information content (AvgIpc) is 2.94. The molecule has 2 atom stereocenters. The fraction of sp³-hybridized carbons (Fsp3) is 0.778. The summed E-state index contributed by atoms with van der Waals surface area (Å²) in [4.78, 5) is 4.68. The number of nitrogens with one attached hydrogen (secondary N) is 2. The van der Waals surface area contributed by atoms with E-state index in [1.165, 1.54) is 6.42 Å². The molecule has 0 spiro atoms. The van der Waals surface area contributed by atoms with Crippen molar-refractivity contribution in [2.45, 2.75) is 53.2 Å². The van der Waals surface area contributed by atoms with Gasteiger partial charge < -0.3 is 15.4 Å². The van der Waals surface area contributed by atoms with Gasteiger partial charge in [0.1, 0.15) is 0 Å². The molecule has 24 heavy (non-hydrogen) atoms. The molecule has 1 saturated heterocycles. The molecule has 1 aliphatic heterocycles. The van der Waals surface area contributed by atoms with E-state index in [2.05, 4.69) is 48.4 Å². The Morgan fingerprint density at radius 1 is 1.42 bits per heavy atom. The van der Waals surface area contributed by atoms with Gasteiger partial charge in [-0.3, -0.25) is 4.68 Å². The predicted octanol–water partition coefficient (Wildman–Crippen LogP) is 2.32. The van der Waals surface area contributed by atoms with Gasteiger partial charge in [0.15, 0.2) is 5.96 Å². The van der Waals surface area contributed by atoms with Crippen LogP contribution in [0.25, 0.3) is 0 Å². The molecule has 1 fully saturated rings. The van der Waals surface area contributed by atoms with Crippen LogP contribution in [0.15, 0.2) is 17.3 Å². The zero-order valence-corrected chi connectivity index (χ0v) is 15.8. The Morgan fingerprint density at radius 3 is 2.83 bits per heavy atom. The Labute approximate surface area is 146 Å². The van der Waals surface area contributed by atoms with Crippen molar-refractivity contribution in [2.75, 3.05) is 19.7 Å². The second-order valence-corrected chi connectivity index (χ2v) is 7.58. The number of ether oxygens (including phenoxy) is 1. The molecule has 0 radical (unpaired) electrons. The normalized spacial score (nSPS) is 22.5. The molecule has 6 nitrogen and oxygen atoms in total. The van der Waals surface area contributed by atoms with Gasteiger partial charge in [-0.2, -0.15) is 5.10 Å². The number of nitrogens with zero attached hydrogens (tertiary/aromatic N) is 3. The highest BCUT2D eigenvalue weighted by molar-refractivity contribution is 5.79. The maximum atomic E-state index is 6.07.